The molecule has 0 aromatic heterocycles. The van der Waals surface area contributed by atoms with Crippen LogP contribution >= 0.6 is 0 Å². The molecule has 0 heterocycles. The van der Waals surface area contributed by atoms with Crippen molar-refractivity contribution in [3.05, 3.63) is 54.1 Å². The van der Waals surface area contributed by atoms with Crippen molar-refractivity contribution in [2.75, 3.05) is 6.61 Å². The van der Waals surface area contributed by atoms with Crippen molar-refractivity contribution in [1.29, 1.82) is 0 Å². The lowest BCUT2D eigenvalue weighted by Gasteiger charge is -2.14. The Bertz CT molecular complexity index is 578. The summed E-state index contributed by atoms with van der Waals surface area (Å²) in [6.07, 6.45) is 0.790. The molecule has 0 atom stereocenters. The van der Waals surface area contributed by atoms with Crippen LogP contribution in [0.25, 0.3) is 0 Å². The van der Waals surface area contributed by atoms with Gasteiger partial charge in [0.15, 0.2) is 11.5 Å². The Balaban J connectivity index is 2.35. The third-order valence-electron chi connectivity index (χ3n) is 2.63. The number of hydrogen-bond donors (Lipinski definition) is 1. The van der Waals surface area contributed by atoms with Crippen LogP contribution in [-0.2, 0) is 0 Å². The molecule has 2 aromatic rings. The highest BCUT2D eigenvalue weighted by Crippen LogP contribution is 2.34. The second-order valence-corrected chi connectivity index (χ2v) is 4.20. The first kappa shape index (κ1) is 13.9. The Labute approximate surface area is 117 Å². The van der Waals surface area contributed by atoms with E-state index in [1.165, 1.54) is 6.07 Å². The number of carboxylic acid groups (broad SMARTS) is 1. The summed E-state index contributed by atoms with van der Waals surface area (Å²) >= 11 is 0. The van der Waals surface area contributed by atoms with E-state index in [2.05, 4.69) is 0 Å². The molecule has 2 aromatic carbocycles. The molecule has 20 heavy (non-hydrogen) atoms. The summed E-state index contributed by atoms with van der Waals surface area (Å²) in [7, 11) is 0. The largest absolute Gasteiger partial charge is 0.489 e. The van der Waals surface area contributed by atoms with Gasteiger partial charge in [0.05, 0.1) is 6.61 Å². The molecule has 4 heteroatoms. The van der Waals surface area contributed by atoms with E-state index in [0.717, 1.165) is 6.42 Å². The van der Waals surface area contributed by atoms with E-state index in [9.17, 15) is 9.90 Å². The van der Waals surface area contributed by atoms with E-state index in [1.54, 1.807) is 24.3 Å². The van der Waals surface area contributed by atoms with Crippen LogP contribution in [0.5, 0.6) is 17.2 Å². The zero-order valence-corrected chi connectivity index (χ0v) is 11.2. The number of para-hydroxylation sites is 2. The lowest BCUT2D eigenvalue weighted by Crippen LogP contribution is -2.05. The predicted molar refractivity (Wildman–Crippen MR) is 75.7 cm³/mol. The highest BCUT2D eigenvalue weighted by atomic mass is 16.5. The molecule has 104 valence electrons. The fourth-order valence-electron chi connectivity index (χ4n) is 1.73. The van der Waals surface area contributed by atoms with Crippen molar-refractivity contribution in [1.82, 2.24) is 0 Å². The third-order valence-corrected chi connectivity index (χ3v) is 2.63. The molecular formula is C16H16O4. The fourth-order valence-corrected chi connectivity index (χ4v) is 1.73. The summed E-state index contributed by atoms with van der Waals surface area (Å²) in [4.78, 5) is 11.3. The van der Waals surface area contributed by atoms with E-state index in [-0.39, 0.29) is 11.3 Å². The lowest BCUT2D eigenvalue weighted by molar-refractivity contribution is 0.0691. The predicted octanol–water partition coefficient (Wildman–Crippen LogP) is 3.97. The van der Waals surface area contributed by atoms with Crippen LogP contribution in [0, 0.1) is 0 Å². The number of rotatable bonds is 6. The van der Waals surface area contributed by atoms with E-state index < -0.39 is 5.97 Å². The van der Waals surface area contributed by atoms with Crippen LogP contribution in [0.1, 0.15) is 23.7 Å². The maximum atomic E-state index is 11.3. The van der Waals surface area contributed by atoms with Gasteiger partial charge in [-0.3, -0.25) is 0 Å². The van der Waals surface area contributed by atoms with E-state index in [4.69, 9.17) is 9.47 Å². The Morgan fingerprint density at radius 3 is 2.50 bits per heavy atom. The molecule has 0 aliphatic carbocycles. The van der Waals surface area contributed by atoms with Crippen LogP contribution in [0.3, 0.4) is 0 Å². The maximum Gasteiger partial charge on any atom is 0.339 e. The molecule has 1 N–H and O–H groups in total. The Morgan fingerprint density at radius 1 is 1.10 bits per heavy atom. The summed E-state index contributed by atoms with van der Waals surface area (Å²) in [5, 5.41) is 9.22. The highest BCUT2D eigenvalue weighted by molar-refractivity contribution is 5.92. The van der Waals surface area contributed by atoms with Gasteiger partial charge in [0.25, 0.3) is 0 Å². The molecule has 0 amide bonds. The third kappa shape index (κ3) is 3.29. The first-order chi connectivity index (χ1) is 9.72. The van der Waals surface area contributed by atoms with Crippen LogP contribution in [-0.4, -0.2) is 17.7 Å². The molecule has 0 aliphatic heterocycles. The summed E-state index contributed by atoms with van der Waals surface area (Å²) < 4.78 is 11.3. The highest BCUT2D eigenvalue weighted by Gasteiger charge is 2.17. The molecule has 0 fully saturated rings. The average molecular weight is 272 g/mol. The molecule has 0 aliphatic rings. The lowest BCUT2D eigenvalue weighted by atomic mass is 10.2. The van der Waals surface area contributed by atoms with Crippen molar-refractivity contribution in [2.24, 2.45) is 0 Å². The molecule has 2 rings (SSSR count). The van der Waals surface area contributed by atoms with Gasteiger partial charge in [0.2, 0.25) is 0 Å². The van der Waals surface area contributed by atoms with Crippen molar-refractivity contribution < 1.29 is 19.4 Å². The first-order valence-corrected chi connectivity index (χ1v) is 6.44. The van der Waals surface area contributed by atoms with Gasteiger partial charge in [0, 0.05) is 0 Å². The second-order valence-electron chi connectivity index (χ2n) is 4.20. The summed E-state index contributed by atoms with van der Waals surface area (Å²) in [5.41, 5.74) is 0.104. The van der Waals surface area contributed by atoms with E-state index >= 15 is 0 Å². The molecular weight excluding hydrogens is 256 g/mol. The topological polar surface area (TPSA) is 55.8 Å². The van der Waals surface area contributed by atoms with Gasteiger partial charge in [-0.2, -0.15) is 0 Å². The van der Waals surface area contributed by atoms with Crippen molar-refractivity contribution >= 4 is 5.97 Å². The van der Waals surface area contributed by atoms with Crippen LogP contribution in [0.4, 0.5) is 0 Å². The number of carbonyl (C=O) groups is 1. The molecule has 0 bridgehead atoms. The van der Waals surface area contributed by atoms with Crippen molar-refractivity contribution in [3.63, 3.8) is 0 Å². The minimum Gasteiger partial charge on any atom is -0.489 e. The van der Waals surface area contributed by atoms with Crippen LogP contribution in [0.15, 0.2) is 48.5 Å². The van der Waals surface area contributed by atoms with Gasteiger partial charge in [-0.15, -0.1) is 0 Å². The van der Waals surface area contributed by atoms with Gasteiger partial charge < -0.3 is 14.6 Å². The van der Waals surface area contributed by atoms with E-state index in [0.29, 0.717) is 18.1 Å². The van der Waals surface area contributed by atoms with Gasteiger partial charge in [-0.25, -0.2) is 4.79 Å². The van der Waals surface area contributed by atoms with Gasteiger partial charge in [-0.1, -0.05) is 31.2 Å². The molecule has 0 spiro atoms. The molecule has 0 saturated heterocycles. The first-order valence-electron chi connectivity index (χ1n) is 6.44. The number of benzene rings is 2. The minimum atomic E-state index is -1.03. The van der Waals surface area contributed by atoms with Crippen LogP contribution < -0.4 is 9.47 Å². The fraction of sp³-hybridized carbons (Fsp3) is 0.188. The molecule has 0 radical (unpaired) electrons. The average Bonchev–Trinajstić information content (AvgIpc) is 2.46. The van der Waals surface area contributed by atoms with Gasteiger partial charge in [0.1, 0.15) is 11.3 Å². The monoisotopic (exact) mass is 272 g/mol. The van der Waals surface area contributed by atoms with Gasteiger partial charge in [-0.05, 0) is 30.7 Å². The number of ether oxygens (including phenoxy) is 2. The van der Waals surface area contributed by atoms with Crippen molar-refractivity contribution in [3.8, 4) is 17.2 Å². The van der Waals surface area contributed by atoms with Crippen molar-refractivity contribution in [2.45, 2.75) is 13.3 Å². The SMILES string of the molecule is CCCOc1c(Oc2ccccc2)cccc1C(=O)O. The Kier molecular flexibility index (Phi) is 4.60. The summed E-state index contributed by atoms with van der Waals surface area (Å²) in [5.74, 6) is 0.279. The summed E-state index contributed by atoms with van der Waals surface area (Å²) in [6.45, 7) is 2.40. The zero-order chi connectivity index (χ0) is 14.4. The standard InChI is InChI=1S/C16H16O4/c1-2-11-19-15-13(16(17)18)9-6-10-14(15)20-12-7-4-3-5-8-12/h3-10H,2,11H2,1H3,(H,17,18). The van der Waals surface area contributed by atoms with Crippen LogP contribution in [0.2, 0.25) is 0 Å². The number of carboxylic acids is 1. The minimum absolute atomic E-state index is 0.104. The number of hydrogen-bond acceptors (Lipinski definition) is 3. The Hall–Kier alpha value is -2.49. The molecule has 0 unspecified atom stereocenters. The summed E-state index contributed by atoms with van der Waals surface area (Å²) in [6, 6.07) is 14.0. The maximum absolute atomic E-state index is 11.3. The Morgan fingerprint density at radius 2 is 1.85 bits per heavy atom. The number of aromatic carboxylic acids is 1. The molecule has 4 nitrogen and oxygen atoms in total. The van der Waals surface area contributed by atoms with Gasteiger partial charge >= 0.3 is 5.97 Å². The quantitative estimate of drug-likeness (QED) is 0.864. The van der Waals surface area contributed by atoms with E-state index in [1.807, 2.05) is 25.1 Å². The zero-order valence-electron chi connectivity index (χ0n) is 11.2. The molecule has 0 saturated carbocycles. The smallest absolute Gasteiger partial charge is 0.339 e. The normalized spacial score (nSPS) is 10.1. The second kappa shape index (κ2) is 6.61.